The van der Waals surface area contributed by atoms with Crippen LogP contribution in [0.15, 0.2) is 41.0 Å². The lowest BCUT2D eigenvalue weighted by molar-refractivity contribution is -0.120. The molecule has 0 atom stereocenters. The van der Waals surface area contributed by atoms with E-state index in [9.17, 15) is 4.79 Å². The Balaban J connectivity index is 1.59. The SMILES string of the molecule is O=C(Cc1ccc(Cl)cc1Cl)NCCCOCc1ccco1. The van der Waals surface area contributed by atoms with Gasteiger partial charge in [-0.25, -0.2) is 0 Å². The fourth-order valence-electron chi connectivity index (χ4n) is 1.87. The van der Waals surface area contributed by atoms with Crippen molar-refractivity contribution in [2.24, 2.45) is 0 Å². The Hall–Kier alpha value is -1.49. The molecule has 0 spiro atoms. The first-order chi connectivity index (χ1) is 10.6. The van der Waals surface area contributed by atoms with Crippen molar-refractivity contribution in [3.05, 3.63) is 58.0 Å². The number of benzene rings is 1. The van der Waals surface area contributed by atoms with Crippen molar-refractivity contribution < 1.29 is 13.9 Å². The summed E-state index contributed by atoms with van der Waals surface area (Å²) in [5.41, 5.74) is 0.762. The molecule has 0 aliphatic heterocycles. The maximum Gasteiger partial charge on any atom is 0.224 e. The molecule has 118 valence electrons. The average Bonchev–Trinajstić information content (AvgIpc) is 2.99. The molecule has 6 heteroatoms. The van der Waals surface area contributed by atoms with E-state index in [1.165, 1.54) is 0 Å². The maximum atomic E-state index is 11.8. The van der Waals surface area contributed by atoms with E-state index in [-0.39, 0.29) is 12.3 Å². The minimum absolute atomic E-state index is 0.0738. The van der Waals surface area contributed by atoms with E-state index in [0.29, 0.717) is 29.8 Å². The summed E-state index contributed by atoms with van der Waals surface area (Å²) in [5, 5.41) is 3.89. The molecule has 1 amide bonds. The topological polar surface area (TPSA) is 51.5 Å². The van der Waals surface area contributed by atoms with Crippen molar-refractivity contribution in [3.63, 3.8) is 0 Å². The van der Waals surface area contributed by atoms with E-state index in [1.807, 2.05) is 12.1 Å². The molecule has 0 bridgehead atoms. The number of rotatable bonds is 8. The normalized spacial score (nSPS) is 10.6. The van der Waals surface area contributed by atoms with Crippen LogP contribution in [-0.2, 0) is 22.6 Å². The molecule has 4 nitrogen and oxygen atoms in total. The van der Waals surface area contributed by atoms with Crippen LogP contribution in [-0.4, -0.2) is 19.1 Å². The highest BCUT2D eigenvalue weighted by Gasteiger charge is 2.07. The summed E-state index contributed by atoms with van der Waals surface area (Å²) in [5.74, 6) is 0.719. The molecule has 1 heterocycles. The van der Waals surface area contributed by atoms with Crippen LogP contribution in [0.2, 0.25) is 10.0 Å². The van der Waals surface area contributed by atoms with Crippen LogP contribution in [0, 0.1) is 0 Å². The first-order valence-electron chi connectivity index (χ1n) is 6.96. The van der Waals surface area contributed by atoms with E-state index in [2.05, 4.69) is 5.32 Å². The molecule has 0 saturated carbocycles. The van der Waals surface area contributed by atoms with E-state index in [1.54, 1.807) is 24.5 Å². The lowest BCUT2D eigenvalue weighted by Gasteiger charge is -2.07. The molecule has 0 unspecified atom stereocenters. The third-order valence-corrected chi connectivity index (χ3v) is 3.57. The van der Waals surface area contributed by atoms with Gasteiger partial charge in [0.15, 0.2) is 0 Å². The first kappa shape index (κ1) is 16.9. The highest BCUT2D eigenvalue weighted by atomic mass is 35.5. The third kappa shape index (κ3) is 5.72. The molecule has 1 aromatic carbocycles. The Bertz CT molecular complexity index is 599. The van der Waals surface area contributed by atoms with E-state index in [0.717, 1.165) is 17.7 Å². The summed E-state index contributed by atoms with van der Waals surface area (Å²) in [4.78, 5) is 11.8. The summed E-state index contributed by atoms with van der Waals surface area (Å²) < 4.78 is 10.6. The van der Waals surface area contributed by atoms with Gasteiger partial charge in [0.05, 0.1) is 12.7 Å². The third-order valence-electron chi connectivity index (χ3n) is 2.98. The fourth-order valence-corrected chi connectivity index (χ4v) is 2.35. The highest BCUT2D eigenvalue weighted by molar-refractivity contribution is 6.35. The number of hydrogen-bond donors (Lipinski definition) is 1. The zero-order valence-corrected chi connectivity index (χ0v) is 13.5. The second-order valence-corrected chi connectivity index (χ2v) is 5.59. The summed E-state index contributed by atoms with van der Waals surface area (Å²) in [6.07, 6.45) is 2.59. The Kier molecular flexibility index (Phi) is 6.77. The number of nitrogens with one attached hydrogen (secondary N) is 1. The van der Waals surface area contributed by atoms with Crippen molar-refractivity contribution >= 4 is 29.1 Å². The van der Waals surface area contributed by atoms with Crippen LogP contribution in [0.3, 0.4) is 0 Å². The highest BCUT2D eigenvalue weighted by Crippen LogP contribution is 2.21. The largest absolute Gasteiger partial charge is 0.467 e. The van der Waals surface area contributed by atoms with Crippen molar-refractivity contribution in [2.45, 2.75) is 19.4 Å². The molecule has 1 aromatic heterocycles. The second kappa shape index (κ2) is 8.83. The van der Waals surface area contributed by atoms with Gasteiger partial charge < -0.3 is 14.5 Å². The summed E-state index contributed by atoms with van der Waals surface area (Å²) in [6, 6.07) is 8.79. The average molecular weight is 342 g/mol. The van der Waals surface area contributed by atoms with Gasteiger partial charge in [-0.2, -0.15) is 0 Å². The Morgan fingerprint density at radius 1 is 1.27 bits per heavy atom. The van der Waals surface area contributed by atoms with Gasteiger partial charge in [0.2, 0.25) is 5.91 Å². The Morgan fingerprint density at radius 3 is 2.86 bits per heavy atom. The summed E-state index contributed by atoms with van der Waals surface area (Å²) in [6.45, 7) is 1.56. The molecule has 2 aromatic rings. The van der Waals surface area contributed by atoms with E-state index in [4.69, 9.17) is 32.4 Å². The van der Waals surface area contributed by atoms with Gasteiger partial charge in [-0.3, -0.25) is 4.79 Å². The van der Waals surface area contributed by atoms with Crippen molar-refractivity contribution in [1.82, 2.24) is 5.32 Å². The zero-order valence-electron chi connectivity index (χ0n) is 12.0. The number of amides is 1. The molecule has 0 fully saturated rings. The predicted molar refractivity (Wildman–Crippen MR) is 86.2 cm³/mol. The van der Waals surface area contributed by atoms with Crippen LogP contribution < -0.4 is 5.32 Å². The standard InChI is InChI=1S/C16H17Cl2NO3/c17-13-5-4-12(15(18)10-13)9-16(20)19-6-2-7-21-11-14-3-1-8-22-14/h1,3-5,8,10H,2,6-7,9,11H2,(H,19,20). The van der Waals surface area contributed by atoms with Gasteiger partial charge in [-0.05, 0) is 36.2 Å². The molecule has 22 heavy (non-hydrogen) atoms. The number of ether oxygens (including phenoxy) is 1. The Labute approximate surface area is 139 Å². The molecule has 0 radical (unpaired) electrons. The molecular formula is C16H17Cl2NO3. The van der Waals surface area contributed by atoms with Crippen LogP contribution in [0.4, 0.5) is 0 Å². The number of halogens is 2. The smallest absolute Gasteiger partial charge is 0.224 e. The van der Waals surface area contributed by atoms with E-state index < -0.39 is 0 Å². The predicted octanol–water partition coefficient (Wildman–Crippen LogP) is 3.85. The van der Waals surface area contributed by atoms with Gasteiger partial charge in [-0.1, -0.05) is 29.3 Å². The summed E-state index contributed by atoms with van der Waals surface area (Å²) in [7, 11) is 0. The number of furan rings is 1. The zero-order chi connectivity index (χ0) is 15.8. The lowest BCUT2D eigenvalue weighted by Crippen LogP contribution is -2.26. The van der Waals surface area contributed by atoms with E-state index >= 15 is 0 Å². The molecule has 1 N–H and O–H groups in total. The van der Waals surface area contributed by atoms with Crippen molar-refractivity contribution in [3.8, 4) is 0 Å². The van der Waals surface area contributed by atoms with Crippen LogP contribution in [0.1, 0.15) is 17.7 Å². The molecule has 0 aliphatic carbocycles. The van der Waals surface area contributed by atoms with Gasteiger partial charge >= 0.3 is 0 Å². The molecule has 0 saturated heterocycles. The number of carbonyl (C=O) groups excluding carboxylic acids is 1. The quantitative estimate of drug-likeness (QED) is 0.742. The van der Waals surface area contributed by atoms with Crippen LogP contribution in [0.5, 0.6) is 0 Å². The van der Waals surface area contributed by atoms with Gasteiger partial charge in [-0.15, -0.1) is 0 Å². The van der Waals surface area contributed by atoms with Crippen molar-refractivity contribution in [1.29, 1.82) is 0 Å². The van der Waals surface area contributed by atoms with Crippen molar-refractivity contribution in [2.75, 3.05) is 13.2 Å². The summed E-state index contributed by atoms with van der Waals surface area (Å²) >= 11 is 11.8. The van der Waals surface area contributed by atoms with Gasteiger partial charge in [0.25, 0.3) is 0 Å². The van der Waals surface area contributed by atoms with Gasteiger partial charge in [0.1, 0.15) is 12.4 Å². The first-order valence-corrected chi connectivity index (χ1v) is 7.71. The lowest BCUT2D eigenvalue weighted by atomic mass is 10.1. The number of hydrogen-bond acceptors (Lipinski definition) is 3. The number of carbonyl (C=O) groups is 1. The fraction of sp³-hybridized carbons (Fsp3) is 0.312. The monoisotopic (exact) mass is 341 g/mol. The Morgan fingerprint density at radius 2 is 2.14 bits per heavy atom. The molecule has 0 aliphatic rings. The molecule has 2 rings (SSSR count). The minimum atomic E-state index is -0.0738. The van der Waals surface area contributed by atoms with Crippen LogP contribution >= 0.6 is 23.2 Å². The maximum absolute atomic E-state index is 11.8. The van der Waals surface area contributed by atoms with Gasteiger partial charge in [0, 0.05) is 23.2 Å². The second-order valence-electron chi connectivity index (χ2n) is 4.75. The molecular weight excluding hydrogens is 325 g/mol. The minimum Gasteiger partial charge on any atom is -0.467 e. The van der Waals surface area contributed by atoms with Crippen LogP contribution in [0.25, 0.3) is 0 Å².